The summed E-state index contributed by atoms with van der Waals surface area (Å²) in [6.07, 6.45) is 2.93. The molecule has 5 nitrogen and oxygen atoms in total. The number of rotatable bonds is 11. The zero-order chi connectivity index (χ0) is 21.0. The van der Waals surface area contributed by atoms with Gasteiger partial charge < -0.3 is 10.1 Å². The Kier molecular flexibility index (Phi) is 8.45. The van der Waals surface area contributed by atoms with E-state index in [1.807, 2.05) is 53.5 Å². The number of nitrogens with zero attached hydrogens (tertiary/aromatic N) is 1. The van der Waals surface area contributed by atoms with Crippen molar-refractivity contribution in [3.8, 4) is 5.75 Å². The number of hydrazine groups is 1. The Balaban J connectivity index is 1.31. The third-order valence-electron chi connectivity index (χ3n) is 4.76. The number of carbonyl (C=O) groups excluding carboxylic acids is 1. The van der Waals surface area contributed by atoms with Crippen LogP contribution in [0.15, 0.2) is 84.9 Å². The summed E-state index contributed by atoms with van der Waals surface area (Å²) in [5, 5.41) is 4.74. The fourth-order valence-electron chi connectivity index (χ4n) is 3.13. The van der Waals surface area contributed by atoms with Crippen molar-refractivity contribution in [2.24, 2.45) is 5.84 Å². The van der Waals surface area contributed by atoms with Gasteiger partial charge in [0.1, 0.15) is 5.75 Å². The summed E-state index contributed by atoms with van der Waals surface area (Å²) in [5.74, 6) is 6.72. The van der Waals surface area contributed by atoms with Crippen LogP contribution in [0.25, 0.3) is 0 Å². The smallest absolute Gasteiger partial charge is 0.255 e. The highest BCUT2D eigenvalue weighted by Crippen LogP contribution is 2.16. The normalized spacial score (nSPS) is 10.7. The van der Waals surface area contributed by atoms with Crippen molar-refractivity contribution in [2.75, 3.05) is 25.0 Å². The molecule has 0 aliphatic carbocycles. The van der Waals surface area contributed by atoms with E-state index in [1.54, 1.807) is 12.1 Å². The predicted molar refractivity (Wildman–Crippen MR) is 121 cm³/mol. The summed E-state index contributed by atoms with van der Waals surface area (Å²) in [7, 11) is 0. The summed E-state index contributed by atoms with van der Waals surface area (Å²) in [6, 6.07) is 27.0. The number of hydrogen-bond donors (Lipinski definition) is 2. The van der Waals surface area contributed by atoms with Gasteiger partial charge in [0, 0.05) is 24.3 Å². The lowest BCUT2D eigenvalue weighted by Gasteiger charge is -2.16. The van der Waals surface area contributed by atoms with E-state index in [1.165, 1.54) is 5.56 Å². The topological polar surface area (TPSA) is 67.6 Å². The molecule has 0 fully saturated rings. The number of aryl methyl sites for hydroxylation is 1. The van der Waals surface area contributed by atoms with Crippen LogP contribution in [0.3, 0.4) is 0 Å². The zero-order valence-corrected chi connectivity index (χ0v) is 17.2. The van der Waals surface area contributed by atoms with E-state index in [4.69, 9.17) is 10.6 Å². The van der Waals surface area contributed by atoms with Gasteiger partial charge in [0.05, 0.1) is 6.61 Å². The lowest BCUT2D eigenvalue weighted by atomic mass is 10.1. The van der Waals surface area contributed by atoms with Gasteiger partial charge in [0.15, 0.2) is 0 Å². The number of nitrogens with one attached hydrogen (secondary N) is 1. The number of benzene rings is 3. The third-order valence-corrected chi connectivity index (χ3v) is 4.76. The van der Waals surface area contributed by atoms with Gasteiger partial charge in [-0.3, -0.25) is 10.6 Å². The van der Waals surface area contributed by atoms with Crippen molar-refractivity contribution >= 4 is 11.6 Å². The second-order valence-corrected chi connectivity index (χ2v) is 7.17. The van der Waals surface area contributed by atoms with Crippen LogP contribution in [0.2, 0.25) is 0 Å². The molecule has 1 amide bonds. The summed E-state index contributed by atoms with van der Waals surface area (Å²) >= 11 is 0. The first kappa shape index (κ1) is 21.6. The largest absolute Gasteiger partial charge is 0.494 e. The average molecular weight is 404 g/mol. The first-order chi connectivity index (χ1) is 14.7. The molecule has 0 aliphatic rings. The standard InChI is InChI=1S/C25H29N3O2/c26-28(18-7-11-21-9-3-1-4-10-21)19-8-20-30-24-16-14-23(15-17-24)27-25(29)22-12-5-2-6-13-22/h1-6,9-10,12-17H,7-8,11,18-20,26H2,(H,27,29). The van der Waals surface area contributed by atoms with Crippen LogP contribution in [-0.2, 0) is 6.42 Å². The van der Waals surface area contributed by atoms with E-state index in [9.17, 15) is 4.79 Å². The molecule has 156 valence electrons. The maximum atomic E-state index is 12.2. The molecule has 3 aromatic rings. The number of nitrogens with two attached hydrogens (primary N) is 1. The average Bonchev–Trinajstić information content (AvgIpc) is 2.79. The van der Waals surface area contributed by atoms with Gasteiger partial charge in [-0.05, 0) is 61.2 Å². The van der Waals surface area contributed by atoms with Crippen LogP contribution in [0.5, 0.6) is 5.75 Å². The minimum atomic E-state index is -0.125. The Bertz CT molecular complexity index is 883. The molecular weight excluding hydrogens is 374 g/mol. The molecule has 0 saturated heterocycles. The second kappa shape index (κ2) is 11.8. The molecule has 0 unspecified atom stereocenters. The first-order valence-corrected chi connectivity index (χ1v) is 10.3. The third kappa shape index (κ3) is 7.35. The van der Waals surface area contributed by atoms with E-state index in [2.05, 4.69) is 29.6 Å². The van der Waals surface area contributed by atoms with Gasteiger partial charge in [-0.15, -0.1) is 0 Å². The Morgan fingerprint density at radius 1 is 0.833 bits per heavy atom. The number of anilines is 1. The molecule has 0 aliphatic heterocycles. The highest BCUT2D eigenvalue weighted by molar-refractivity contribution is 6.04. The molecule has 5 heteroatoms. The molecule has 0 radical (unpaired) electrons. The second-order valence-electron chi connectivity index (χ2n) is 7.17. The SMILES string of the molecule is NN(CCCOc1ccc(NC(=O)c2ccccc2)cc1)CCCc1ccccc1. The van der Waals surface area contributed by atoms with E-state index in [0.29, 0.717) is 12.2 Å². The van der Waals surface area contributed by atoms with Crippen molar-refractivity contribution in [3.63, 3.8) is 0 Å². The van der Waals surface area contributed by atoms with Crippen molar-refractivity contribution in [1.29, 1.82) is 0 Å². The van der Waals surface area contributed by atoms with E-state index >= 15 is 0 Å². The monoisotopic (exact) mass is 403 g/mol. The maximum Gasteiger partial charge on any atom is 0.255 e. The highest BCUT2D eigenvalue weighted by atomic mass is 16.5. The van der Waals surface area contributed by atoms with Crippen LogP contribution in [0, 0.1) is 0 Å². The van der Waals surface area contributed by atoms with E-state index in [0.717, 1.165) is 43.8 Å². The van der Waals surface area contributed by atoms with Crippen LogP contribution in [0.4, 0.5) is 5.69 Å². The molecule has 3 N–H and O–H groups in total. The van der Waals surface area contributed by atoms with Crippen molar-refractivity contribution in [1.82, 2.24) is 5.01 Å². The molecule has 0 bridgehead atoms. The minimum Gasteiger partial charge on any atom is -0.494 e. The highest BCUT2D eigenvalue weighted by Gasteiger charge is 2.05. The van der Waals surface area contributed by atoms with Crippen LogP contribution >= 0.6 is 0 Å². The van der Waals surface area contributed by atoms with Gasteiger partial charge in [-0.25, -0.2) is 5.01 Å². The van der Waals surface area contributed by atoms with E-state index in [-0.39, 0.29) is 5.91 Å². The van der Waals surface area contributed by atoms with Crippen molar-refractivity contribution in [2.45, 2.75) is 19.3 Å². The molecule has 0 aromatic heterocycles. The lowest BCUT2D eigenvalue weighted by molar-refractivity contribution is 0.102. The lowest BCUT2D eigenvalue weighted by Crippen LogP contribution is -2.33. The molecule has 0 atom stereocenters. The van der Waals surface area contributed by atoms with Crippen LogP contribution in [-0.4, -0.2) is 30.6 Å². The summed E-state index contributed by atoms with van der Waals surface area (Å²) in [6.45, 7) is 2.26. The molecule has 3 aromatic carbocycles. The Morgan fingerprint density at radius 3 is 2.17 bits per heavy atom. The molecule has 0 spiro atoms. The van der Waals surface area contributed by atoms with Gasteiger partial charge in [0.25, 0.3) is 5.91 Å². The first-order valence-electron chi connectivity index (χ1n) is 10.3. The van der Waals surface area contributed by atoms with Crippen LogP contribution < -0.4 is 15.9 Å². The maximum absolute atomic E-state index is 12.2. The number of amides is 1. The van der Waals surface area contributed by atoms with Crippen molar-refractivity contribution in [3.05, 3.63) is 96.1 Å². The molecule has 0 heterocycles. The fourth-order valence-corrected chi connectivity index (χ4v) is 3.13. The molecule has 0 saturated carbocycles. The zero-order valence-electron chi connectivity index (χ0n) is 17.2. The summed E-state index contributed by atoms with van der Waals surface area (Å²) < 4.78 is 5.78. The van der Waals surface area contributed by atoms with Crippen LogP contribution in [0.1, 0.15) is 28.8 Å². The number of ether oxygens (including phenoxy) is 1. The van der Waals surface area contributed by atoms with E-state index < -0.39 is 0 Å². The summed E-state index contributed by atoms with van der Waals surface area (Å²) in [5.41, 5.74) is 2.72. The fraction of sp³-hybridized carbons (Fsp3) is 0.240. The summed E-state index contributed by atoms with van der Waals surface area (Å²) in [4.78, 5) is 12.2. The van der Waals surface area contributed by atoms with Gasteiger partial charge in [0.2, 0.25) is 0 Å². The quantitative estimate of drug-likeness (QED) is 0.281. The van der Waals surface area contributed by atoms with Gasteiger partial charge in [-0.2, -0.15) is 0 Å². The minimum absolute atomic E-state index is 0.125. The van der Waals surface area contributed by atoms with Crippen molar-refractivity contribution < 1.29 is 9.53 Å². The Labute approximate surface area is 178 Å². The molecule has 30 heavy (non-hydrogen) atoms. The molecule has 3 rings (SSSR count). The predicted octanol–water partition coefficient (Wildman–Crippen LogP) is 4.52. The number of carbonyl (C=O) groups is 1. The van der Waals surface area contributed by atoms with Gasteiger partial charge >= 0.3 is 0 Å². The Morgan fingerprint density at radius 2 is 1.47 bits per heavy atom. The number of hydrogen-bond acceptors (Lipinski definition) is 4. The molecular formula is C25H29N3O2. The Hall–Kier alpha value is -3.15. The van der Waals surface area contributed by atoms with Gasteiger partial charge in [-0.1, -0.05) is 48.5 Å².